The predicted octanol–water partition coefficient (Wildman–Crippen LogP) is 3.62. The second-order valence-electron chi connectivity index (χ2n) is 4.52. The lowest BCUT2D eigenvalue weighted by molar-refractivity contribution is 0.214. The van der Waals surface area contributed by atoms with E-state index < -0.39 is 0 Å². The third-order valence-corrected chi connectivity index (χ3v) is 4.63. The van der Waals surface area contributed by atoms with E-state index in [0.29, 0.717) is 0 Å². The average Bonchev–Trinajstić information content (AvgIpc) is 2.90. The Balaban J connectivity index is 2.15. The maximum atomic E-state index is 6.13. The van der Waals surface area contributed by atoms with Crippen LogP contribution in [-0.2, 0) is 6.54 Å². The van der Waals surface area contributed by atoms with Gasteiger partial charge in [0.15, 0.2) is 0 Å². The van der Waals surface area contributed by atoms with Gasteiger partial charge in [-0.15, -0.1) is 11.3 Å². The van der Waals surface area contributed by atoms with E-state index in [4.69, 9.17) is 10.2 Å². The molecule has 3 nitrogen and oxygen atoms in total. The van der Waals surface area contributed by atoms with Crippen LogP contribution in [-0.4, -0.2) is 18.0 Å². The summed E-state index contributed by atoms with van der Waals surface area (Å²) in [7, 11) is 2.09. The number of halogens is 1. The van der Waals surface area contributed by atoms with Crippen molar-refractivity contribution in [3.05, 3.63) is 45.0 Å². The molecule has 2 heterocycles. The van der Waals surface area contributed by atoms with Crippen LogP contribution in [0.15, 0.2) is 38.9 Å². The standard InChI is InChI=1S/C13H17BrN2OS/c1-9(15)13(12-5-11(14)8-18-12)16(2)6-10-3-4-17-7-10/h3-5,7-9,13H,6,15H2,1-2H3. The molecule has 0 saturated heterocycles. The molecule has 2 N–H and O–H groups in total. The van der Waals surface area contributed by atoms with Crippen molar-refractivity contribution in [1.29, 1.82) is 0 Å². The van der Waals surface area contributed by atoms with Crippen LogP contribution in [0.4, 0.5) is 0 Å². The third-order valence-electron chi connectivity index (χ3n) is 2.86. The summed E-state index contributed by atoms with van der Waals surface area (Å²) in [6, 6.07) is 4.42. The second-order valence-corrected chi connectivity index (χ2v) is 6.38. The summed E-state index contributed by atoms with van der Waals surface area (Å²) in [5.41, 5.74) is 7.30. The van der Waals surface area contributed by atoms with Gasteiger partial charge in [0.2, 0.25) is 0 Å². The van der Waals surface area contributed by atoms with Gasteiger partial charge in [-0.05, 0) is 42.0 Å². The van der Waals surface area contributed by atoms with Gasteiger partial charge in [0, 0.05) is 32.9 Å². The molecule has 0 aromatic carbocycles. The van der Waals surface area contributed by atoms with Crippen LogP contribution in [0.1, 0.15) is 23.4 Å². The average molecular weight is 329 g/mol. The van der Waals surface area contributed by atoms with Crippen molar-refractivity contribution in [2.45, 2.75) is 25.6 Å². The van der Waals surface area contributed by atoms with E-state index in [2.05, 4.69) is 39.3 Å². The Morgan fingerprint density at radius 3 is 2.83 bits per heavy atom. The molecule has 0 radical (unpaired) electrons. The van der Waals surface area contributed by atoms with Crippen LogP contribution in [0.3, 0.4) is 0 Å². The van der Waals surface area contributed by atoms with E-state index in [9.17, 15) is 0 Å². The predicted molar refractivity (Wildman–Crippen MR) is 78.6 cm³/mol. The maximum absolute atomic E-state index is 6.13. The van der Waals surface area contributed by atoms with Gasteiger partial charge in [-0.2, -0.15) is 0 Å². The fraction of sp³-hybridized carbons (Fsp3) is 0.385. The van der Waals surface area contributed by atoms with E-state index in [1.807, 2.05) is 13.0 Å². The topological polar surface area (TPSA) is 42.4 Å². The molecule has 0 amide bonds. The van der Waals surface area contributed by atoms with Gasteiger partial charge in [0.1, 0.15) is 0 Å². The minimum absolute atomic E-state index is 0.0763. The third kappa shape index (κ3) is 3.23. The molecule has 5 heteroatoms. The monoisotopic (exact) mass is 328 g/mol. The van der Waals surface area contributed by atoms with E-state index in [0.717, 1.165) is 11.0 Å². The van der Waals surface area contributed by atoms with Crippen LogP contribution in [0.2, 0.25) is 0 Å². The van der Waals surface area contributed by atoms with Crippen molar-refractivity contribution in [3.63, 3.8) is 0 Å². The van der Waals surface area contributed by atoms with E-state index in [-0.39, 0.29) is 12.1 Å². The minimum atomic E-state index is 0.0763. The molecule has 0 spiro atoms. The first kappa shape index (κ1) is 13.8. The lowest BCUT2D eigenvalue weighted by atomic mass is 10.1. The number of likely N-dealkylation sites (N-methyl/N-ethyl adjacent to an activating group) is 1. The molecule has 2 atom stereocenters. The fourth-order valence-electron chi connectivity index (χ4n) is 2.13. The van der Waals surface area contributed by atoms with Crippen LogP contribution in [0.25, 0.3) is 0 Å². The van der Waals surface area contributed by atoms with Crippen LogP contribution in [0.5, 0.6) is 0 Å². The quantitative estimate of drug-likeness (QED) is 0.911. The normalized spacial score (nSPS) is 14.9. The highest BCUT2D eigenvalue weighted by atomic mass is 79.9. The van der Waals surface area contributed by atoms with Gasteiger partial charge >= 0.3 is 0 Å². The first-order chi connectivity index (χ1) is 8.58. The molecule has 0 bridgehead atoms. The second kappa shape index (κ2) is 6.02. The van der Waals surface area contributed by atoms with Crippen molar-refractivity contribution in [2.24, 2.45) is 5.73 Å². The van der Waals surface area contributed by atoms with Crippen molar-refractivity contribution in [2.75, 3.05) is 7.05 Å². The number of thiophene rings is 1. The maximum Gasteiger partial charge on any atom is 0.0947 e. The fourth-order valence-corrected chi connectivity index (χ4v) is 3.85. The van der Waals surface area contributed by atoms with E-state index in [1.54, 1.807) is 23.9 Å². The van der Waals surface area contributed by atoms with Crippen LogP contribution >= 0.6 is 27.3 Å². The van der Waals surface area contributed by atoms with Crippen molar-refractivity contribution in [3.8, 4) is 0 Å². The summed E-state index contributed by atoms with van der Waals surface area (Å²) in [5.74, 6) is 0. The SMILES string of the molecule is CC(N)C(c1cc(Br)cs1)N(C)Cc1ccoc1. The molecular formula is C13H17BrN2OS. The number of furan rings is 1. The van der Waals surface area contributed by atoms with E-state index >= 15 is 0 Å². The summed E-state index contributed by atoms with van der Waals surface area (Å²) < 4.78 is 6.22. The smallest absolute Gasteiger partial charge is 0.0947 e. The Hall–Kier alpha value is -0.620. The molecule has 2 rings (SSSR count). The van der Waals surface area contributed by atoms with Crippen LogP contribution < -0.4 is 5.73 Å². The Labute approximate surface area is 120 Å². The minimum Gasteiger partial charge on any atom is -0.472 e. The number of nitrogens with two attached hydrogens (primary N) is 1. The number of hydrogen-bond acceptors (Lipinski definition) is 4. The van der Waals surface area contributed by atoms with Crippen molar-refractivity contribution < 1.29 is 4.42 Å². The molecule has 2 aromatic rings. The Morgan fingerprint density at radius 1 is 1.56 bits per heavy atom. The molecule has 0 fully saturated rings. The molecule has 98 valence electrons. The summed E-state index contributed by atoms with van der Waals surface area (Å²) in [4.78, 5) is 3.54. The molecule has 2 aromatic heterocycles. The highest BCUT2D eigenvalue weighted by molar-refractivity contribution is 9.10. The number of nitrogens with zero attached hydrogens (tertiary/aromatic N) is 1. The Bertz CT molecular complexity index is 481. The van der Waals surface area contributed by atoms with Gasteiger partial charge < -0.3 is 10.2 Å². The number of hydrogen-bond donors (Lipinski definition) is 1. The Morgan fingerprint density at radius 2 is 2.33 bits per heavy atom. The summed E-state index contributed by atoms with van der Waals surface area (Å²) >= 11 is 5.23. The zero-order valence-corrected chi connectivity index (χ0v) is 12.9. The summed E-state index contributed by atoms with van der Waals surface area (Å²) in [6.07, 6.45) is 3.48. The van der Waals surface area contributed by atoms with Crippen molar-refractivity contribution >= 4 is 27.3 Å². The van der Waals surface area contributed by atoms with Gasteiger partial charge in [0.25, 0.3) is 0 Å². The van der Waals surface area contributed by atoms with Gasteiger partial charge in [-0.1, -0.05) is 0 Å². The summed E-state index contributed by atoms with van der Waals surface area (Å²) in [6.45, 7) is 2.88. The molecule has 0 aliphatic carbocycles. The van der Waals surface area contributed by atoms with Gasteiger partial charge in [-0.3, -0.25) is 4.90 Å². The lowest BCUT2D eigenvalue weighted by Gasteiger charge is -2.29. The summed E-state index contributed by atoms with van der Waals surface area (Å²) in [5, 5.41) is 2.09. The zero-order valence-electron chi connectivity index (χ0n) is 10.5. The largest absolute Gasteiger partial charge is 0.472 e. The molecule has 0 aliphatic heterocycles. The highest BCUT2D eigenvalue weighted by Crippen LogP contribution is 2.31. The zero-order chi connectivity index (χ0) is 13.1. The van der Waals surface area contributed by atoms with Gasteiger partial charge in [-0.25, -0.2) is 0 Å². The molecule has 2 unspecified atom stereocenters. The molecule has 18 heavy (non-hydrogen) atoms. The Kier molecular flexibility index (Phi) is 4.61. The molecule has 0 aliphatic rings. The number of rotatable bonds is 5. The lowest BCUT2D eigenvalue weighted by Crippen LogP contribution is -2.36. The molecular weight excluding hydrogens is 312 g/mol. The molecule has 0 saturated carbocycles. The highest BCUT2D eigenvalue weighted by Gasteiger charge is 2.23. The van der Waals surface area contributed by atoms with Crippen LogP contribution in [0, 0.1) is 0 Å². The van der Waals surface area contributed by atoms with Crippen molar-refractivity contribution in [1.82, 2.24) is 4.90 Å². The first-order valence-corrected chi connectivity index (χ1v) is 7.46. The van der Waals surface area contributed by atoms with E-state index in [1.165, 1.54) is 10.4 Å². The van der Waals surface area contributed by atoms with Gasteiger partial charge in [0.05, 0.1) is 18.6 Å². The first-order valence-electron chi connectivity index (χ1n) is 5.78.